The molecule has 2 heterocycles. The lowest BCUT2D eigenvalue weighted by Gasteiger charge is -1.88. The van der Waals surface area contributed by atoms with E-state index in [1.165, 1.54) is 0 Å². The van der Waals surface area contributed by atoms with Crippen LogP contribution in [0.15, 0.2) is 17.3 Å². The summed E-state index contributed by atoms with van der Waals surface area (Å²) < 4.78 is 1.11. The molecule has 0 aromatic carbocycles. The number of fused-ring (bicyclic) bond motifs is 1. The summed E-state index contributed by atoms with van der Waals surface area (Å²) >= 11 is 5.89. The van der Waals surface area contributed by atoms with Gasteiger partial charge in [-0.25, -0.2) is 4.98 Å². The molecule has 11 heavy (non-hydrogen) atoms. The normalized spacial score (nSPS) is 10.7. The molecule has 0 aliphatic heterocycles. The monoisotopic (exact) mass is 182 g/mol. The van der Waals surface area contributed by atoms with Crippen LogP contribution in [0.3, 0.4) is 0 Å². The molecule has 0 spiro atoms. The number of thiol groups is 1. The molecular weight excluding hydrogens is 176 g/mol. The van der Waals surface area contributed by atoms with Gasteiger partial charge in [0.15, 0.2) is 0 Å². The first-order valence-electron chi connectivity index (χ1n) is 3.17. The van der Waals surface area contributed by atoms with Gasteiger partial charge in [-0.1, -0.05) is 0 Å². The smallest absolute Gasteiger partial charge is 0.0979 e. The van der Waals surface area contributed by atoms with E-state index in [9.17, 15) is 0 Å². The Kier molecular flexibility index (Phi) is 1.58. The Hall–Kier alpha value is -0.610. The standard InChI is InChI=1S/C7H6N2S2/c1-4-9-7-5(10)2-8-3-6(7)11-4/h2-3,10H,1H3. The SMILES string of the molecule is Cc1nc2c(S)cncc2s1. The summed E-state index contributed by atoms with van der Waals surface area (Å²) in [7, 11) is 0. The second-order valence-corrected chi connectivity index (χ2v) is 3.95. The van der Waals surface area contributed by atoms with Crippen LogP contribution in [-0.2, 0) is 0 Å². The second-order valence-electron chi connectivity index (χ2n) is 2.24. The molecule has 0 atom stereocenters. The first kappa shape index (κ1) is 7.06. The minimum absolute atomic E-state index is 0.854. The van der Waals surface area contributed by atoms with Gasteiger partial charge in [-0.05, 0) is 6.92 Å². The Balaban J connectivity index is 2.90. The first-order valence-corrected chi connectivity index (χ1v) is 4.44. The van der Waals surface area contributed by atoms with E-state index >= 15 is 0 Å². The maximum atomic E-state index is 4.31. The molecule has 0 radical (unpaired) electrons. The first-order chi connectivity index (χ1) is 5.27. The molecule has 0 unspecified atom stereocenters. The zero-order valence-electron chi connectivity index (χ0n) is 5.90. The van der Waals surface area contributed by atoms with Crippen molar-refractivity contribution in [3.8, 4) is 0 Å². The van der Waals surface area contributed by atoms with E-state index in [0.29, 0.717) is 0 Å². The van der Waals surface area contributed by atoms with Crippen LogP contribution in [0, 0.1) is 6.92 Å². The van der Waals surface area contributed by atoms with E-state index in [2.05, 4.69) is 22.6 Å². The van der Waals surface area contributed by atoms with Gasteiger partial charge in [-0.2, -0.15) is 0 Å². The van der Waals surface area contributed by atoms with E-state index in [4.69, 9.17) is 0 Å². The van der Waals surface area contributed by atoms with E-state index in [0.717, 1.165) is 20.1 Å². The van der Waals surface area contributed by atoms with E-state index < -0.39 is 0 Å². The van der Waals surface area contributed by atoms with Gasteiger partial charge in [-0.15, -0.1) is 24.0 Å². The van der Waals surface area contributed by atoms with Crippen LogP contribution >= 0.6 is 24.0 Å². The Labute approximate surface area is 73.7 Å². The molecule has 0 aliphatic carbocycles. The third-order valence-electron chi connectivity index (χ3n) is 1.39. The van der Waals surface area contributed by atoms with Crippen LogP contribution in [0.5, 0.6) is 0 Å². The van der Waals surface area contributed by atoms with E-state index in [-0.39, 0.29) is 0 Å². The van der Waals surface area contributed by atoms with Crippen molar-refractivity contribution >= 4 is 34.2 Å². The topological polar surface area (TPSA) is 25.8 Å². The Morgan fingerprint density at radius 2 is 2.27 bits per heavy atom. The molecule has 0 fully saturated rings. The molecule has 2 nitrogen and oxygen atoms in total. The average Bonchev–Trinajstić information content (AvgIpc) is 2.31. The van der Waals surface area contributed by atoms with Gasteiger partial charge in [0, 0.05) is 17.3 Å². The summed E-state index contributed by atoms with van der Waals surface area (Å²) in [6, 6.07) is 0. The fourth-order valence-corrected chi connectivity index (χ4v) is 2.08. The number of thiazole rings is 1. The van der Waals surface area contributed by atoms with E-state index in [1.807, 2.05) is 13.1 Å². The van der Waals surface area contributed by atoms with Gasteiger partial charge in [0.25, 0.3) is 0 Å². The highest BCUT2D eigenvalue weighted by Crippen LogP contribution is 2.24. The number of hydrogen-bond donors (Lipinski definition) is 1. The van der Waals surface area contributed by atoms with Crippen LogP contribution in [0.25, 0.3) is 10.2 Å². The third kappa shape index (κ3) is 1.12. The molecule has 0 amide bonds. The quantitative estimate of drug-likeness (QED) is 0.632. The lowest BCUT2D eigenvalue weighted by Crippen LogP contribution is -1.74. The molecule has 2 rings (SSSR count). The second kappa shape index (κ2) is 2.46. The molecule has 0 saturated heterocycles. The summed E-state index contributed by atoms with van der Waals surface area (Å²) in [5.74, 6) is 0. The van der Waals surface area contributed by atoms with Crippen LogP contribution in [0.4, 0.5) is 0 Å². The molecule has 4 heteroatoms. The van der Waals surface area contributed by atoms with Crippen molar-refractivity contribution in [1.29, 1.82) is 0 Å². The lowest BCUT2D eigenvalue weighted by molar-refractivity contribution is 1.25. The maximum Gasteiger partial charge on any atom is 0.0979 e. The summed E-state index contributed by atoms with van der Waals surface area (Å²) in [6.45, 7) is 1.98. The third-order valence-corrected chi connectivity index (χ3v) is 2.62. The Morgan fingerprint density at radius 1 is 1.45 bits per heavy atom. The number of aryl methyl sites for hydroxylation is 1. The summed E-state index contributed by atoms with van der Waals surface area (Å²) in [5, 5.41) is 1.06. The minimum Gasteiger partial charge on any atom is -0.262 e. The Bertz CT molecular complexity index is 394. The van der Waals surface area contributed by atoms with Gasteiger partial charge in [0.1, 0.15) is 0 Å². The molecule has 2 aromatic heterocycles. The van der Waals surface area contributed by atoms with Crippen molar-refractivity contribution in [2.24, 2.45) is 0 Å². The number of hydrogen-bond acceptors (Lipinski definition) is 4. The van der Waals surface area contributed by atoms with Crippen molar-refractivity contribution in [2.75, 3.05) is 0 Å². The predicted octanol–water partition coefficient (Wildman–Crippen LogP) is 2.29. The van der Waals surface area contributed by atoms with Crippen molar-refractivity contribution < 1.29 is 0 Å². The van der Waals surface area contributed by atoms with Crippen molar-refractivity contribution in [3.05, 3.63) is 17.4 Å². The summed E-state index contributed by atoms with van der Waals surface area (Å²) in [4.78, 5) is 9.19. The Morgan fingerprint density at radius 3 is 3.00 bits per heavy atom. The molecule has 2 aromatic rings. The summed E-state index contributed by atoms with van der Waals surface area (Å²) in [6.07, 6.45) is 3.53. The largest absolute Gasteiger partial charge is 0.262 e. The molecular formula is C7H6N2S2. The fourth-order valence-electron chi connectivity index (χ4n) is 0.951. The van der Waals surface area contributed by atoms with Gasteiger partial charge < -0.3 is 0 Å². The zero-order chi connectivity index (χ0) is 7.84. The predicted molar refractivity (Wildman–Crippen MR) is 49.4 cm³/mol. The highest BCUT2D eigenvalue weighted by Gasteiger charge is 2.02. The van der Waals surface area contributed by atoms with Crippen LogP contribution in [0.1, 0.15) is 5.01 Å². The van der Waals surface area contributed by atoms with Gasteiger partial charge in [0.2, 0.25) is 0 Å². The maximum absolute atomic E-state index is 4.31. The van der Waals surface area contributed by atoms with Gasteiger partial charge >= 0.3 is 0 Å². The van der Waals surface area contributed by atoms with Crippen LogP contribution in [-0.4, -0.2) is 9.97 Å². The molecule has 0 saturated carbocycles. The lowest BCUT2D eigenvalue weighted by atomic mass is 10.4. The van der Waals surface area contributed by atoms with Gasteiger partial charge in [0.05, 0.1) is 15.2 Å². The number of nitrogens with zero attached hydrogens (tertiary/aromatic N) is 2. The van der Waals surface area contributed by atoms with Crippen molar-refractivity contribution in [3.63, 3.8) is 0 Å². The highest BCUT2D eigenvalue weighted by atomic mass is 32.1. The van der Waals surface area contributed by atoms with E-state index in [1.54, 1.807) is 17.5 Å². The fraction of sp³-hybridized carbons (Fsp3) is 0.143. The van der Waals surface area contributed by atoms with Crippen LogP contribution < -0.4 is 0 Å². The minimum atomic E-state index is 0.854. The van der Waals surface area contributed by atoms with Crippen molar-refractivity contribution in [2.45, 2.75) is 11.8 Å². The number of pyridine rings is 1. The van der Waals surface area contributed by atoms with Gasteiger partial charge in [-0.3, -0.25) is 4.98 Å². The van der Waals surface area contributed by atoms with Crippen molar-refractivity contribution in [1.82, 2.24) is 9.97 Å². The molecule has 56 valence electrons. The molecule has 0 aliphatic rings. The number of rotatable bonds is 0. The summed E-state index contributed by atoms with van der Waals surface area (Å²) in [5.41, 5.74) is 0.964. The zero-order valence-corrected chi connectivity index (χ0v) is 7.62. The highest BCUT2D eigenvalue weighted by molar-refractivity contribution is 7.80. The average molecular weight is 182 g/mol. The number of aromatic nitrogens is 2. The molecule has 0 N–H and O–H groups in total. The molecule has 0 bridgehead atoms. The van der Waals surface area contributed by atoms with Crippen LogP contribution in [0.2, 0.25) is 0 Å².